The van der Waals surface area contributed by atoms with Crippen molar-refractivity contribution in [3.8, 4) is 5.75 Å². The highest BCUT2D eigenvalue weighted by molar-refractivity contribution is 8.93. The van der Waals surface area contributed by atoms with Gasteiger partial charge < -0.3 is 10.8 Å². The summed E-state index contributed by atoms with van der Waals surface area (Å²) in [6.07, 6.45) is 0. The lowest BCUT2D eigenvalue weighted by Gasteiger charge is -1.89. The van der Waals surface area contributed by atoms with Crippen LogP contribution in [0.25, 0.3) is 0 Å². The number of hydrogen-bond donors (Lipinski definition) is 2. The maximum Gasteiger partial charge on any atom is 0.115 e. The Morgan fingerprint density at radius 1 is 1.11 bits per heavy atom. The Morgan fingerprint density at radius 2 is 1.56 bits per heavy atom. The minimum atomic E-state index is 0. The summed E-state index contributed by atoms with van der Waals surface area (Å²) in [4.78, 5) is 0. The van der Waals surface area contributed by atoms with Crippen LogP contribution in [0.1, 0.15) is 0 Å². The number of phenolic OH excluding ortho intramolecular Hbond substituents is 1. The van der Waals surface area contributed by atoms with E-state index >= 15 is 0 Å². The van der Waals surface area contributed by atoms with E-state index in [1.165, 1.54) is 0 Å². The lowest BCUT2D eigenvalue weighted by atomic mass is 10.3. The van der Waals surface area contributed by atoms with Gasteiger partial charge in [0.25, 0.3) is 0 Å². The van der Waals surface area contributed by atoms with Gasteiger partial charge in [0.2, 0.25) is 0 Å². The number of aromatic hydroxyl groups is 1. The molecule has 0 bridgehead atoms. The van der Waals surface area contributed by atoms with Gasteiger partial charge in [-0.15, -0.1) is 17.0 Å². The van der Waals surface area contributed by atoms with E-state index in [4.69, 9.17) is 10.8 Å². The van der Waals surface area contributed by atoms with Crippen molar-refractivity contribution in [3.05, 3.63) is 24.3 Å². The quantitative estimate of drug-likeness (QED) is 0.481. The van der Waals surface area contributed by atoms with E-state index < -0.39 is 0 Å². The van der Waals surface area contributed by atoms with Crippen LogP contribution in [0.5, 0.6) is 5.75 Å². The van der Waals surface area contributed by atoms with Gasteiger partial charge in [-0.1, -0.05) is 0 Å². The van der Waals surface area contributed by atoms with Crippen LogP contribution in [0, 0.1) is 0 Å². The van der Waals surface area contributed by atoms with Crippen LogP contribution in [-0.4, -0.2) is 5.11 Å². The third kappa shape index (κ3) is 2.37. The molecule has 0 amide bonds. The molecule has 0 saturated carbocycles. The number of halogens is 1. The molecule has 0 unspecified atom stereocenters. The highest BCUT2D eigenvalue weighted by atomic mass is 79.9. The maximum atomic E-state index is 8.70. The molecule has 0 aliphatic carbocycles. The van der Waals surface area contributed by atoms with Gasteiger partial charge in [0.05, 0.1) is 0 Å². The first-order valence-electron chi connectivity index (χ1n) is 2.33. The van der Waals surface area contributed by atoms with Gasteiger partial charge in [-0.05, 0) is 24.3 Å². The number of nitrogens with two attached hydrogens (primary N) is 1. The van der Waals surface area contributed by atoms with Crippen LogP contribution in [0.15, 0.2) is 24.3 Å². The summed E-state index contributed by atoms with van der Waals surface area (Å²) < 4.78 is 0. The lowest BCUT2D eigenvalue weighted by Crippen LogP contribution is -1.80. The second-order valence-corrected chi connectivity index (χ2v) is 1.59. The normalized spacial score (nSPS) is 8.00. The molecule has 0 aliphatic rings. The summed E-state index contributed by atoms with van der Waals surface area (Å²) in [5, 5.41) is 8.70. The molecule has 0 aromatic heterocycles. The van der Waals surface area contributed by atoms with Gasteiger partial charge in [0, 0.05) is 5.69 Å². The van der Waals surface area contributed by atoms with Crippen molar-refractivity contribution in [3.63, 3.8) is 0 Å². The third-order valence-corrected chi connectivity index (χ3v) is 0.893. The zero-order valence-corrected chi connectivity index (χ0v) is 6.46. The maximum absolute atomic E-state index is 8.70. The number of benzene rings is 1. The molecule has 0 heterocycles. The largest absolute Gasteiger partial charge is 0.508 e. The van der Waals surface area contributed by atoms with Crippen LogP contribution >= 0.6 is 17.0 Å². The molecule has 2 nitrogen and oxygen atoms in total. The number of phenols is 1. The van der Waals surface area contributed by atoms with Gasteiger partial charge in [-0.2, -0.15) is 0 Å². The topological polar surface area (TPSA) is 46.2 Å². The zero-order chi connectivity index (χ0) is 5.98. The molecule has 9 heavy (non-hydrogen) atoms. The van der Waals surface area contributed by atoms with Crippen molar-refractivity contribution in [2.45, 2.75) is 0 Å². The molecule has 1 aromatic carbocycles. The summed E-state index contributed by atoms with van der Waals surface area (Å²) in [5.41, 5.74) is 5.98. The predicted molar refractivity (Wildman–Crippen MR) is 42.8 cm³/mol. The monoisotopic (exact) mass is 189 g/mol. The Kier molecular flexibility index (Phi) is 3.09. The molecule has 3 heteroatoms. The van der Waals surface area contributed by atoms with E-state index in [1.807, 2.05) is 0 Å². The summed E-state index contributed by atoms with van der Waals surface area (Å²) in [7, 11) is 0. The van der Waals surface area contributed by atoms with Crippen LogP contribution in [0.4, 0.5) is 5.69 Å². The fourth-order valence-electron chi connectivity index (χ4n) is 0.474. The first-order valence-corrected chi connectivity index (χ1v) is 2.33. The highest BCUT2D eigenvalue weighted by Crippen LogP contribution is 2.09. The molecular formula is C6H8BrNO. The molecule has 0 spiro atoms. The van der Waals surface area contributed by atoms with Crippen LogP contribution in [0.3, 0.4) is 0 Å². The molecule has 0 atom stereocenters. The van der Waals surface area contributed by atoms with E-state index in [0.29, 0.717) is 5.69 Å². The number of hydrogen-bond acceptors (Lipinski definition) is 2. The second kappa shape index (κ2) is 3.35. The van der Waals surface area contributed by atoms with Gasteiger partial charge >= 0.3 is 0 Å². The van der Waals surface area contributed by atoms with Gasteiger partial charge in [-0.25, -0.2) is 0 Å². The van der Waals surface area contributed by atoms with E-state index in [9.17, 15) is 0 Å². The fourth-order valence-corrected chi connectivity index (χ4v) is 0.474. The Labute approximate surface area is 64.1 Å². The Morgan fingerprint density at radius 3 is 1.89 bits per heavy atom. The lowest BCUT2D eigenvalue weighted by molar-refractivity contribution is 0.475. The van der Waals surface area contributed by atoms with Crippen molar-refractivity contribution >= 4 is 22.7 Å². The summed E-state index contributed by atoms with van der Waals surface area (Å²) in [5.74, 6) is 0.249. The van der Waals surface area contributed by atoms with Gasteiger partial charge in [-0.3, -0.25) is 0 Å². The van der Waals surface area contributed by atoms with Crippen LogP contribution in [-0.2, 0) is 0 Å². The fraction of sp³-hybridized carbons (Fsp3) is 0. The third-order valence-electron chi connectivity index (χ3n) is 0.893. The van der Waals surface area contributed by atoms with Crippen molar-refractivity contribution in [2.24, 2.45) is 0 Å². The summed E-state index contributed by atoms with van der Waals surface area (Å²) in [6.45, 7) is 0. The van der Waals surface area contributed by atoms with Gasteiger partial charge in [0.15, 0.2) is 0 Å². The molecular weight excluding hydrogens is 182 g/mol. The summed E-state index contributed by atoms with van der Waals surface area (Å²) >= 11 is 0. The van der Waals surface area contributed by atoms with E-state index in [-0.39, 0.29) is 22.7 Å². The van der Waals surface area contributed by atoms with Crippen LogP contribution < -0.4 is 5.73 Å². The smallest absolute Gasteiger partial charge is 0.115 e. The molecule has 0 radical (unpaired) electrons. The molecule has 1 rings (SSSR count). The molecule has 0 saturated heterocycles. The molecule has 0 aliphatic heterocycles. The Balaban J connectivity index is 0.000000640. The SMILES string of the molecule is Br.Nc1ccc(O)cc1. The minimum Gasteiger partial charge on any atom is -0.508 e. The zero-order valence-electron chi connectivity index (χ0n) is 4.74. The average Bonchev–Trinajstić information content (AvgIpc) is 1.77. The average molecular weight is 190 g/mol. The van der Waals surface area contributed by atoms with Gasteiger partial charge in [0.1, 0.15) is 5.75 Å². The van der Waals surface area contributed by atoms with E-state index in [1.54, 1.807) is 24.3 Å². The number of nitrogen functional groups attached to an aromatic ring is 1. The molecule has 50 valence electrons. The standard InChI is InChI=1S/C6H7NO.BrH/c7-5-1-3-6(8)4-2-5;/h1-4,8H,7H2;1H. The Hall–Kier alpha value is -0.700. The van der Waals surface area contributed by atoms with Crippen molar-refractivity contribution in [1.29, 1.82) is 0 Å². The summed E-state index contributed by atoms with van der Waals surface area (Å²) in [6, 6.07) is 6.40. The molecule has 3 N–H and O–H groups in total. The van der Waals surface area contributed by atoms with Crippen LogP contribution in [0.2, 0.25) is 0 Å². The van der Waals surface area contributed by atoms with E-state index in [2.05, 4.69) is 0 Å². The first kappa shape index (κ1) is 8.30. The second-order valence-electron chi connectivity index (χ2n) is 1.59. The van der Waals surface area contributed by atoms with Crippen molar-refractivity contribution in [1.82, 2.24) is 0 Å². The van der Waals surface area contributed by atoms with E-state index in [0.717, 1.165) is 0 Å². The highest BCUT2D eigenvalue weighted by Gasteiger charge is 1.82. The van der Waals surface area contributed by atoms with Crippen molar-refractivity contribution < 1.29 is 5.11 Å². The first-order chi connectivity index (χ1) is 3.79. The molecule has 0 fully saturated rings. The minimum absolute atomic E-state index is 0. The number of anilines is 1. The molecule has 1 aromatic rings. The van der Waals surface area contributed by atoms with Crippen molar-refractivity contribution in [2.75, 3.05) is 5.73 Å². The predicted octanol–water partition coefficient (Wildman–Crippen LogP) is 1.55. The Bertz CT molecular complexity index is 152. The number of rotatable bonds is 0.